The predicted molar refractivity (Wildman–Crippen MR) is 131 cm³/mol. The predicted octanol–water partition coefficient (Wildman–Crippen LogP) is 6.07. The normalized spacial score (nSPS) is 10.6. The van der Waals surface area contributed by atoms with Crippen molar-refractivity contribution in [1.29, 1.82) is 0 Å². The standard InChI is InChI=1S/C28H33NO3/c1-4-29(5-2)26-18-19-27(32-21-23-10-7-6-8-11-23)25(20-26)13-9-12-22-14-16-24(17-15-22)28(30)31-3/h6-8,10-11,14-20H,4-5,9,12-13,21H2,1-3H3. The third-order valence-electron chi connectivity index (χ3n) is 5.70. The van der Waals surface area contributed by atoms with Gasteiger partial charge in [0.25, 0.3) is 0 Å². The van der Waals surface area contributed by atoms with Crippen LogP contribution < -0.4 is 9.64 Å². The van der Waals surface area contributed by atoms with Gasteiger partial charge in [-0.05, 0) is 80.1 Å². The molecule has 3 rings (SSSR count). The highest BCUT2D eigenvalue weighted by molar-refractivity contribution is 5.89. The molecule has 0 saturated carbocycles. The van der Waals surface area contributed by atoms with Crippen molar-refractivity contribution in [1.82, 2.24) is 0 Å². The maximum atomic E-state index is 11.6. The minimum atomic E-state index is -0.301. The summed E-state index contributed by atoms with van der Waals surface area (Å²) in [6, 6.07) is 24.5. The van der Waals surface area contributed by atoms with Gasteiger partial charge in [-0.25, -0.2) is 4.79 Å². The highest BCUT2D eigenvalue weighted by Crippen LogP contribution is 2.28. The number of anilines is 1. The van der Waals surface area contributed by atoms with Gasteiger partial charge in [-0.3, -0.25) is 0 Å². The molecule has 0 spiro atoms. The van der Waals surface area contributed by atoms with Gasteiger partial charge in [0.1, 0.15) is 12.4 Å². The molecule has 0 radical (unpaired) electrons. The molecule has 0 heterocycles. The van der Waals surface area contributed by atoms with Crippen LogP contribution in [0.2, 0.25) is 0 Å². The average molecular weight is 432 g/mol. The molecular formula is C28H33NO3. The fourth-order valence-corrected chi connectivity index (χ4v) is 3.83. The minimum absolute atomic E-state index is 0.301. The number of nitrogens with zero attached hydrogens (tertiary/aromatic N) is 1. The third-order valence-corrected chi connectivity index (χ3v) is 5.70. The van der Waals surface area contributed by atoms with Crippen molar-refractivity contribution in [2.24, 2.45) is 0 Å². The van der Waals surface area contributed by atoms with E-state index in [1.807, 2.05) is 42.5 Å². The van der Waals surface area contributed by atoms with Crippen LogP contribution in [-0.2, 0) is 24.2 Å². The van der Waals surface area contributed by atoms with Gasteiger partial charge >= 0.3 is 5.97 Å². The monoisotopic (exact) mass is 431 g/mol. The van der Waals surface area contributed by atoms with Gasteiger partial charge in [0.05, 0.1) is 12.7 Å². The molecule has 0 atom stereocenters. The molecule has 0 unspecified atom stereocenters. The number of rotatable bonds is 11. The van der Waals surface area contributed by atoms with E-state index in [0.717, 1.165) is 43.7 Å². The largest absolute Gasteiger partial charge is 0.489 e. The SMILES string of the molecule is CCN(CC)c1ccc(OCc2ccccc2)c(CCCc2ccc(C(=O)OC)cc2)c1. The number of hydrogen-bond acceptors (Lipinski definition) is 4. The number of carbonyl (C=O) groups is 1. The number of methoxy groups -OCH3 is 1. The lowest BCUT2D eigenvalue weighted by Gasteiger charge is -2.23. The fraction of sp³-hybridized carbons (Fsp3) is 0.321. The summed E-state index contributed by atoms with van der Waals surface area (Å²) in [4.78, 5) is 14.0. The van der Waals surface area contributed by atoms with Gasteiger partial charge in [0.2, 0.25) is 0 Å². The maximum absolute atomic E-state index is 11.6. The van der Waals surface area contributed by atoms with Gasteiger partial charge in [-0.1, -0.05) is 42.5 Å². The van der Waals surface area contributed by atoms with Gasteiger partial charge < -0.3 is 14.4 Å². The molecule has 0 aromatic heterocycles. The second-order valence-electron chi connectivity index (χ2n) is 7.78. The summed E-state index contributed by atoms with van der Waals surface area (Å²) in [5.41, 5.74) is 5.43. The van der Waals surface area contributed by atoms with Crippen LogP contribution in [0.25, 0.3) is 0 Å². The third kappa shape index (κ3) is 6.36. The molecule has 3 aromatic rings. The number of carbonyl (C=O) groups excluding carboxylic acids is 1. The van der Waals surface area contributed by atoms with E-state index >= 15 is 0 Å². The molecule has 0 fully saturated rings. The maximum Gasteiger partial charge on any atom is 0.337 e. The van der Waals surface area contributed by atoms with Crippen molar-refractivity contribution in [3.63, 3.8) is 0 Å². The Hall–Kier alpha value is -3.27. The number of benzene rings is 3. The van der Waals surface area contributed by atoms with Crippen LogP contribution in [0.4, 0.5) is 5.69 Å². The highest BCUT2D eigenvalue weighted by atomic mass is 16.5. The lowest BCUT2D eigenvalue weighted by atomic mass is 10.0. The van der Waals surface area contributed by atoms with E-state index in [0.29, 0.717) is 12.2 Å². The Morgan fingerprint density at radius 2 is 1.56 bits per heavy atom. The summed E-state index contributed by atoms with van der Waals surface area (Å²) in [6.07, 6.45) is 2.87. The van der Waals surface area contributed by atoms with E-state index in [1.54, 1.807) is 0 Å². The minimum Gasteiger partial charge on any atom is -0.489 e. The first-order valence-electron chi connectivity index (χ1n) is 11.4. The lowest BCUT2D eigenvalue weighted by Crippen LogP contribution is -2.21. The molecular weight excluding hydrogens is 398 g/mol. The average Bonchev–Trinajstić information content (AvgIpc) is 2.85. The van der Waals surface area contributed by atoms with Crippen molar-refractivity contribution in [2.75, 3.05) is 25.1 Å². The van der Waals surface area contributed by atoms with E-state index < -0.39 is 0 Å². The van der Waals surface area contributed by atoms with Crippen LogP contribution in [-0.4, -0.2) is 26.2 Å². The summed E-state index contributed by atoms with van der Waals surface area (Å²) in [5.74, 6) is 0.649. The first-order valence-corrected chi connectivity index (χ1v) is 11.4. The summed E-state index contributed by atoms with van der Waals surface area (Å²) in [5, 5.41) is 0. The fourth-order valence-electron chi connectivity index (χ4n) is 3.83. The van der Waals surface area contributed by atoms with Crippen molar-refractivity contribution < 1.29 is 14.3 Å². The van der Waals surface area contributed by atoms with Crippen molar-refractivity contribution in [3.8, 4) is 5.75 Å². The molecule has 168 valence electrons. The molecule has 32 heavy (non-hydrogen) atoms. The van der Waals surface area contributed by atoms with E-state index in [2.05, 4.69) is 49.1 Å². The van der Waals surface area contributed by atoms with Crippen molar-refractivity contribution in [2.45, 2.75) is 39.7 Å². The molecule has 4 nitrogen and oxygen atoms in total. The molecule has 4 heteroatoms. The summed E-state index contributed by atoms with van der Waals surface area (Å²) < 4.78 is 11.0. The molecule has 3 aromatic carbocycles. The second kappa shape index (κ2) is 11.9. The highest BCUT2D eigenvalue weighted by Gasteiger charge is 2.10. The van der Waals surface area contributed by atoms with E-state index in [-0.39, 0.29) is 5.97 Å². The van der Waals surface area contributed by atoms with Crippen LogP contribution in [0.3, 0.4) is 0 Å². The first-order chi connectivity index (χ1) is 15.6. The first kappa shape index (κ1) is 23.4. The van der Waals surface area contributed by atoms with Gasteiger partial charge in [-0.2, -0.15) is 0 Å². The molecule has 0 bridgehead atoms. The number of ether oxygens (including phenoxy) is 2. The Kier molecular flexibility index (Phi) is 8.73. The van der Waals surface area contributed by atoms with Crippen LogP contribution in [0, 0.1) is 0 Å². The van der Waals surface area contributed by atoms with Crippen molar-refractivity contribution in [3.05, 3.63) is 95.1 Å². The Morgan fingerprint density at radius 1 is 0.844 bits per heavy atom. The zero-order valence-electron chi connectivity index (χ0n) is 19.3. The number of aryl methyl sites for hydroxylation is 2. The zero-order chi connectivity index (χ0) is 22.8. The second-order valence-corrected chi connectivity index (χ2v) is 7.78. The molecule has 0 amide bonds. The number of hydrogen-bond donors (Lipinski definition) is 0. The smallest absolute Gasteiger partial charge is 0.337 e. The van der Waals surface area contributed by atoms with Crippen LogP contribution in [0.5, 0.6) is 5.75 Å². The molecule has 0 aliphatic carbocycles. The molecule has 0 aliphatic heterocycles. The van der Waals surface area contributed by atoms with Crippen LogP contribution in [0.15, 0.2) is 72.8 Å². The molecule has 0 saturated heterocycles. The Balaban J connectivity index is 1.69. The van der Waals surface area contributed by atoms with Crippen molar-refractivity contribution >= 4 is 11.7 Å². The van der Waals surface area contributed by atoms with Crippen LogP contribution >= 0.6 is 0 Å². The van der Waals surface area contributed by atoms with E-state index in [9.17, 15) is 4.79 Å². The van der Waals surface area contributed by atoms with E-state index in [4.69, 9.17) is 9.47 Å². The Labute approximate surface area is 191 Å². The Morgan fingerprint density at radius 3 is 2.22 bits per heavy atom. The summed E-state index contributed by atoms with van der Waals surface area (Å²) in [7, 11) is 1.40. The number of esters is 1. The summed E-state index contributed by atoms with van der Waals surface area (Å²) in [6.45, 7) is 6.88. The van der Waals surface area contributed by atoms with Gasteiger partial charge in [0.15, 0.2) is 0 Å². The summed E-state index contributed by atoms with van der Waals surface area (Å²) >= 11 is 0. The zero-order valence-corrected chi connectivity index (χ0v) is 19.3. The topological polar surface area (TPSA) is 38.8 Å². The molecule has 0 N–H and O–H groups in total. The van der Waals surface area contributed by atoms with Gasteiger partial charge in [-0.15, -0.1) is 0 Å². The van der Waals surface area contributed by atoms with Gasteiger partial charge in [0, 0.05) is 18.8 Å². The lowest BCUT2D eigenvalue weighted by molar-refractivity contribution is 0.0600. The Bertz CT molecular complexity index is 979. The van der Waals surface area contributed by atoms with Crippen LogP contribution in [0.1, 0.15) is 47.3 Å². The quantitative estimate of drug-likeness (QED) is 0.345. The van der Waals surface area contributed by atoms with E-state index in [1.165, 1.54) is 23.9 Å². The molecule has 0 aliphatic rings.